The molecule has 0 unspecified atom stereocenters. The van der Waals surface area contributed by atoms with E-state index in [1.54, 1.807) is 0 Å². The Kier molecular flexibility index (Phi) is 16.8. The van der Waals surface area contributed by atoms with Crippen molar-refractivity contribution in [1.82, 2.24) is 0 Å². The van der Waals surface area contributed by atoms with E-state index in [-0.39, 0.29) is 13.2 Å². The number of ether oxygens (including phenoxy) is 2. The van der Waals surface area contributed by atoms with Gasteiger partial charge in [0.15, 0.2) is 0 Å². The van der Waals surface area contributed by atoms with Crippen molar-refractivity contribution >= 4 is 0 Å². The van der Waals surface area contributed by atoms with E-state index in [2.05, 4.69) is 19.1 Å². The average Bonchev–Trinajstić information content (AvgIpc) is 3.10. The summed E-state index contributed by atoms with van der Waals surface area (Å²) in [6.45, 7) is 2.56. The smallest absolute Gasteiger partial charge is 0.114 e. The van der Waals surface area contributed by atoms with Crippen molar-refractivity contribution in [1.29, 1.82) is 0 Å². The highest BCUT2D eigenvalue weighted by molar-refractivity contribution is 4.89. The van der Waals surface area contributed by atoms with Gasteiger partial charge in [-0.3, -0.25) is 0 Å². The average molecular weight is 415 g/mol. The Labute approximate surface area is 178 Å². The first-order valence-electron chi connectivity index (χ1n) is 12.1. The Morgan fingerprint density at radius 2 is 1.45 bits per heavy atom. The highest BCUT2D eigenvalue weighted by Crippen LogP contribution is 2.21. The molecular weight excluding hydrogens is 368 g/mol. The van der Waals surface area contributed by atoms with Crippen molar-refractivity contribution in [3.05, 3.63) is 12.2 Å². The fourth-order valence-corrected chi connectivity index (χ4v) is 3.83. The molecule has 4 atom stereocenters. The number of hydrogen-bond donors (Lipinski definition) is 3. The summed E-state index contributed by atoms with van der Waals surface area (Å²) in [5, 5.41) is 28.6. The topological polar surface area (TPSA) is 79.2 Å². The fraction of sp³-hybridized carbons (Fsp3) is 0.917. The molecule has 0 aromatic heterocycles. The summed E-state index contributed by atoms with van der Waals surface area (Å²) >= 11 is 0. The number of rotatable bonds is 19. The van der Waals surface area contributed by atoms with Gasteiger partial charge in [-0.1, -0.05) is 76.9 Å². The molecule has 5 heteroatoms. The minimum Gasteiger partial charge on any atom is -0.394 e. The van der Waals surface area contributed by atoms with Crippen molar-refractivity contribution in [3.8, 4) is 0 Å². The highest BCUT2D eigenvalue weighted by atomic mass is 16.6. The van der Waals surface area contributed by atoms with Crippen LogP contribution in [0.1, 0.15) is 96.8 Å². The molecular formula is C24H46O5. The second-order valence-corrected chi connectivity index (χ2v) is 8.39. The van der Waals surface area contributed by atoms with Crippen LogP contribution in [-0.2, 0) is 9.47 Å². The maximum atomic E-state index is 9.88. The van der Waals surface area contributed by atoms with E-state index in [0.717, 1.165) is 19.3 Å². The lowest BCUT2D eigenvalue weighted by Gasteiger charge is -2.23. The molecule has 0 saturated carbocycles. The molecule has 0 bridgehead atoms. The maximum absolute atomic E-state index is 9.88. The Morgan fingerprint density at radius 1 is 0.897 bits per heavy atom. The predicted molar refractivity (Wildman–Crippen MR) is 118 cm³/mol. The first-order chi connectivity index (χ1) is 14.2. The van der Waals surface area contributed by atoms with Gasteiger partial charge in [0.25, 0.3) is 0 Å². The number of unbranched alkanes of at least 4 members (excludes halogenated alkanes) is 12. The van der Waals surface area contributed by atoms with Gasteiger partial charge in [0.1, 0.15) is 24.4 Å². The molecule has 1 rings (SSSR count). The third-order valence-electron chi connectivity index (χ3n) is 5.70. The molecule has 172 valence electrons. The third kappa shape index (κ3) is 12.7. The predicted octanol–water partition coefficient (Wildman–Crippen LogP) is 4.52. The van der Waals surface area contributed by atoms with E-state index in [0.29, 0.717) is 6.61 Å². The van der Waals surface area contributed by atoms with Crippen molar-refractivity contribution in [2.75, 3.05) is 19.8 Å². The SMILES string of the molecule is CCCCCCCCCCCC/C=C/CCCCO[C@H]1[C@@H]([C@@H](O)CO)OC[C@H]1O. The van der Waals surface area contributed by atoms with Crippen LogP contribution in [0.25, 0.3) is 0 Å². The lowest BCUT2D eigenvalue weighted by atomic mass is 10.1. The van der Waals surface area contributed by atoms with Gasteiger partial charge in [0.2, 0.25) is 0 Å². The molecule has 1 saturated heterocycles. The minimum absolute atomic E-state index is 0.147. The normalized spacial score (nSPS) is 23.2. The van der Waals surface area contributed by atoms with E-state index in [1.807, 2.05) is 0 Å². The van der Waals surface area contributed by atoms with Crippen molar-refractivity contribution in [2.45, 2.75) is 121 Å². The van der Waals surface area contributed by atoms with Gasteiger partial charge < -0.3 is 24.8 Å². The second-order valence-electron chi connectivity index (χ2n) is 8.39. The number of aliphatic hydroxyl groups is 3. The molecule has 29 heavy (non-hydrogen) atoms. The van der Waals surface area contributed by atoms with Crippen LogP contribution in [0.2, 0.25) is 0 Å². The van der Waals surface area contributed by atoms with E-state index in [9.17, 15) is 10.2 Å². The zero-order valence-corrected chi connectivity index (χ0v) is 18.6. The molecule has 0 radical (unpaired) electrons. The number of hydrogen-bond acceptors (Lipinski definition) is 5. The zero-order valence-electron chi connectivity index (χ0n) is 18.6. The van der Waals surface area contributed by atoms with Gasteiger partial charge in [-0.15, -0.1) is 0 Å². The van der Waals surface area contributed by atoms with Crippen molar-refractivity contribution in [2.24, 2.45) is 0 Å². The highest BCUT2D eigenvalue weighted by Gasteiger charge is 2.40. The molecule has 1 aliphatic rings. The summed E-state index contributed by atoms with van der Waals surface area (Å²) in [5.74, 6) is 0. The molecule has 0 aromatic carbocycles. The van der Waals surface area contributed by atoms with Gasteiger partial charge in [0, 0.05) is 6.61 Å². The Morgan fingerprint density at radius 3 is 2.03 bits per heavy atom. The molecule has 0 aromatic rings. The van der Waals surface area contributed by atoms with Crippen LogP contribution in [0.4, 0.5) is 0 Å². The second kappa shape index (κ2) is 18.3. The summed E-state index contributed by atoms with van der Waals surface area (Å²) in [6, 6.07) is 0. The molecule has 1 fully saturated rings. The van der Waals surface area contributed by atoms with Crippen molar-refractivity contribution in [3.63, 3.8) is 0 Å². The maximum Gasteiger partial charge on any atom is 0.114 e. The van der Waals surface area contributed by atoms with Gasteiger partial charge >= 0.3 is 0 Å². The lowest BCUT2D eigenvalue weighted by Crippen LogP contribution is -2.42. The number of allylic oxidation sites excluding steroid dienone is 2. The van der Waals surface area contributed by atoms with Crippen LogP contribution in [0, 0.1) is 0 Å². The fourth-order valence-electron chi connectivity index (χ4n) is 3.83. The quantitative estimate of drug-likeness (QED) is 0.214. The minimum atomic E-state index is -1.01. The Bertz CT molecular complexity index is 387. The van der Waals surface area contributed by atoms with E-state index < -0.39 is 24.4 Å². The first kappa shape index (κ1) is 26.6. The van der Waals surface area contributed by atoms with Crippen LogP contribution in [0.3, 0.4) is 0 Å². The molecule has 0 spiro atoms. The molecule has 0 aliphatic carbocycles. The van der Waals surface area contributed by atoms with Crippen LogP contribution in [-0.4, -0.2) is 59.6 Å². The summed E-state index contributed by atoms with van der Waals surface area (Å²) in [5.41, 5.74) is 0. The summed E-state index contributed by atoms with van der Waals surface area (Å²) < 4.78 is 11.0. The molecule has 5 nitrogen and oxygen atoms in total. The summed E-state index contributed by atoms with van der Waals surface area (Å²) in [6.07, 6.45) is 19.6. The molecule has 1 heterocycles. The standard InChI is InChI=1S/C24H46O5/c1-2-3-4-5-6-7-8-9-10-11-12-13-14-15-16-17-18-28-24-22(27)20-29-23(24)21(26)19-25/h13-14,21-27H,2-12,15-20H2,1H3/b14-13+/t21-,22+,23+,24+/m0/s1. The van der Waals surface area contributed by atoms with E-state index >= 15 is 0 Å². The van der Waals surface area contributed by atoms with E-state index in [1.165, 1.54) is 70.6 Å². The summed E-state index contributed by atoms with van der Waals surface area (Å²) in [7, 11) is 0. The number of aliphatic hydroxyl groups excluding tert-OH is 3. The molecule has 0 amide bonds. The van der Waals surface area contributed by atoms with Crippen LogP contribution < -0.4 is 0 Å². The van der Waals surface area contributed by atoms with Gasteiger partial charge in [-0.2, -0.15) is 0 Å². The van der Waals surface area contributed by atoms with Crippen LogP contribution >= 0.6 is 0 Å². The Hall–Kier alpha value is -0.460. The van der Waals surface area contributed by atoms with E-state index in [4.69, 9.17) is 14.6 Å². The largest absolute Gasteiger partial charge is 0.394 e. The summed E-state index contributed by atoms with van der Waals surface area (Å²) in [4.78, 5) is 0. The van der Waals surface area contributed by atoms with Crippen LogP contribution in [0.15, 0.2) is 12.2 Å². The molecule has 3 N–H and O–H groups in total. The van der Waals surface area contributed by atoms with Gasteiger partial charge in [-0.05, 0) is 32.1 Å². The van der Waals surface area contributed by atoms with Crippen molar-refractivity contribution < 1.29 is 24.8 Å². The first-order valence-corrected chi connectivity index (χ1v) is 12.1. The lowest BCUT2D eigenvalue weighted by molar-refractivity contribution is -0.0937. The molecule has 1 aliphatic heterocycles. The van der Waals surface area contributed by atoms with Gasteiger partial charge in [0.05, 0.1) is 13.2 Å². The monoisotopic (exact) mass is 414 g/mol. The van der Waals surface area contributed by atoms with Gasteiger partial charge in [-0.25, -0.2) is 0 Å². The zero-order chi connectivity index (χ0) is 21.2. The Balaban J connectivity index is 1.88. The van der Waals surface area contributed by atoms with Crippen LogP contribution in [0.5, 0.6) is 0 Å². The third-order valence-corrected chi connectivity index (χ3v) is 5.70.